The van der Waals surface area contributed by atoms with Crippen LogP contribution in [0.3, 0.4) is 0 Å². The van der Waals surface area contributed by atoms with Crippen molar-refractivity contribution in [3.05, 3.63) is 108 Å². The third-order valence-corrected chi connectivity index (χ3v) is 4.82. The van der Waals surface area contributed by atoms with E-state index < -0.39 is 0 Å². The van der Waals surface area contributed by atoms with Crippen molar-refractivity contribution < 1.29 is 9.59 Å². The summed E-state index contributed by atoms with van der Waals surface area (Å²) in [7, 11) is 0. The fourth-order valence-corrected chi connectivity index (χ4v) is 3.17. The van der Waals surface area contributed by atoms with Crippen LogP contribution in [0.1, 0.15) is 39.2 Å². The Kier molecular flexibility index (Phi) is 5.84. The van der Waals surface area contributed by atoms with Crippen LogP contribution >= 0.6 is 0 Å². The molecule has 4 aromatic rings. The van der Waals surface area contributed by atoms with Gasteiger partial charge in [0, 0.05) is 16.8 Å². The van der Waals surface area contributed by atoms with Crippen LogP contribution in [0.5, 0.6) is 0 Å². The molecule has 0 saturated carbocycles. The second kappa shape index (κ2) is 9.04. The summed E-state index contributed by atoms with van der Waals surface area (Å²) >= 11 is 0. The molecular weight excluding hydrogens is 390 g/mol. The van der Waals surface area contributed by atoms with Gasteiger partial charge in [-0.3, -0.25) is 9.59 Å². The highest BCUT2D eigenvalue weighted by Crippen LogP contribution is 2.19. The molecule has 4 rings (SSSR count). The third-order valence-electron chi connectivity index (χ3n) is 4.82. The minimum absolute atomic E-state index is 0.181. The maximum Gasteiger partial charge on any atom is 0.255 e. The lowest BCUT2D eigenvalue weighted by atomic mass is 10.1. The highest BCUT2D eigenvalue weighted by Gasteiger charge is 2.13. The Bertz CT molecular complexity index is 1190. The van der Waals surface area contributed by atoms with Gasteiger partial charge in [-0.15, -0.1) is 0 Å². The molecule has 0 fully saturated rings. The number of nitrogens with zero attached hydrogens (tertiary/aromatic N) is 3. The van der Waals surface area contributed by atoms with Crippen LogP contribution < -0.4 is 10.6 Å². The summed E-state index contributed by atoms with van der Waals surface area (Å²) in [6.45, 7) is 1.90. The molecule has 0 aliphatic rings. The summed E-state index contributed by atoms with van der Waals surface area (Å²) in [4.78, 5) is 29.1. The van der Waals surface area contributed by atoms with Gasteiger partial charge in [0.1, 0.15) is 12.7 Å². The van der Waals surface area contributed by atoms with Crippen molar-refractivity contribution in [3.8, 4) is 5.69 Å². The lowest BCUT2D eigenvalue weighted by Crippen LogP contribution is -2.26. The summed E-state index contributed by atoms with van der Waals surface area (Å²) in [5.41, 5.74) is 3.41. The Morgan fingerprint density at radius 3 is 2.42 bits per heavy atom. The largest absolute Gasteiger partial charge is 0.346 e. The predicted molar refractivity (Wildman–Crippen MR) is 118 cm³/mol. The van der Waals surface area contributed by atoms with E-state index >= 15 is 0 Å². The Morgan fingerprint density at radius 1 is 0.871 bits per heavy atom. The molecule has 7 nitrogen and oxygen atoms in total. The summed E-state index contributed by atoms with van der Waals surface area (Å²) in [5, 5.41) is 9.98. The zero-order chi connectivity index (χ0) is 21.6. The minimum atomic E-state index is -0.254. The summed E-state index contributed by atoms with van der Waals surface area (Å²) in [5.74, 6) is -0.382. The molecule has 0 saturated heterocycles. The average Bonchev–Trinajstić information content (AvgIpc) is 3.35. The molecular formula is C24H21N5O2. The van der Waals surface area contributed by atoms with E-state index in [0.29, 0.717) is 16.8 Å². The molecule has 31 heavy (non-hydrogen) atoms. The van der Waals surface area contributed by atoms with Crippen LogP contribution in [-0.2, 0) is 0 Å². The van der Waals surface area contributed by atoms with Gasteiger partial charge in [-0.1, -0.05) is 36.4 Å². The normalized spacial score (nSPS) is 11.5. The standard InChI is InChI=1S/C24H21N5O2/c1-17(27-24(31)20-10-6-12-22(14-20)29-16-25-15-26-29)19-9-5-11-21(13-19)28-23(30)18-7-3-2-4-8-18/h2-17H,1H3,(H,27,31)(H,28,30). The third kappa shape index (κ3) is 4.84. The highest BCUT2D eigenvalue weighted by atomic mass is 16.2. The monoisotopic (exact) mass is 411 g/mol. The number of hydrogen-bond donors (Lipinski definition) is 2. The zero-order valence-electron chi connectivity index (χ0n) is 16.9. The predicted octanol–water partition coefficient (Wildman–Crippen LogP) is 4.01. The maximum atomic E-state index is 12.8. The van der Waals surface area contributed by atoms with Gasteiger partial charge in [0.2, 0.25) is 0 Å². The molecule has 1 aromatic heterocycles. The second-order valence-corrected chi connectivity index (χ2v) is 7.03. The van der Waals surface area contributed by atoms with Crippen LogP contribution in [-0.4, -0.2) is 26.6 Å². The van der Waals surface area contributed by atoms with Gasteiger partial charge in [0.25, 0.3) is 11.8 Å². The molecule has 0 radical (unpaired) electrons. The number of carbonyl (C=O) groups excluding carboxylic acids is 2. The van der Waals surface area contributed by atoms with Crippen molar-refractivity contribution >= 4 is 17.5 Å². The topological polar surface area (TPSA) is 88.9 Å². The molecule has 0 spiro atoms. The van der Waals surface area contributed by atoms with E-state index in [1.807, 2.05) is 55.5 Å². The minimum Gasteiger partial charge on any atom is -0.346 e. The molecule has 1 heterocycles. The van der Waals surface area contributed by atoms with Crippen molar-refractivity contribution in [2.45, 2.75) is 13.0 Å². The summed E-state index contributed by atoms with van der Waals surface area (Å²) in [6.07, 6.45) is 3.02. The Hall–Kier alpha value is -4.26. The molecule has 0 aliphatic carbocycles. The summed E-state index contributed by atoms with van der Waals surface area (Å²) in [6, 6.07) is 23.4. The smallest absolute Gasteiger partial charge is 0.255 e. The fourth-order valence-electron chi connectivity index (χ4n) is 3.17. The number of anilines is 1. The maximum absolute atomic E-state index is 12.8. The van der Waals surface area contributed by atoms with Crippen LogP contribution in [0.2, 0.25) is 0 Å². The van der Waals surface area contributed by atoms with Crippen LogP contribution in [0.4, 0.5) is 5.69 Å². The molecule has 1 unspecified atom stereocenters. The first-order chi connectivity index (χ1) is 15.1. The molecule has 2 N–H and O–H groups in total. The van der Waals surface area contributed by atoms with E-state index in [9.17, 15) is 9.59 Å². The number of hydrogen-bond acceptors (Lipinski definition) is 4. The number of amides is 2. The van der Waals surface area contributed by atoms with Crippen molar-refractivity contribution in [3.63, 3.8) is 0 Å². The Balaban J connectivity index is 1.45. The highest BCUT2D eigenvalue weighted by molar-refractivity contribution is 6.04. The van der Waals surface area contributed by atoms with Gasteiger partial charge in [0.05, 0.1) is 11.7 Å². The molecule has 154 valence electrons. The number of aromatic nitrogens is 3. The first-order valence-corrected chi connectivity index (χ1v) is 9.82. The van der Waals surface area contributed by atoms with E-state index in [1.54, 1.807) is 41.3 Å². The molecule has 2 amide bonds. The second-order valence-electron chi connectivity index (χ2n) is 7.03. The molecule has 7 heteroatoms. The van der Waals surface area contributed by atoms with E-state index in [-0.39, 0.29) is 17.9 Å². The van der Waals surface area contributed by atoms with Crippen molar-refractivity contribution in [1.29, 1.82) is 0 Å². The quantitative estimate of drug-likeness (QED) is 0.502. The first-order valence-electron chi connectivity index (χ1n) is 9.82. The number of rotatable bonds is 6. The Morgan fingerprint density at radius 2 is 1.65 bits per heavy atom. The lowest BCUT2D eigenvalue weighted by molar-refractivity contribution is 0.0939. The first kappa shape index (κ1) is 20.0. The van der Waals surface area contributed by atoms with Crippen molar-refractivity contribution in [1.82, 2.24) is 20.1 Å². The van der Waals surface area contributed by atoms with Gasteiger partial charge < -0.3 is 10.6 Å². The SMILES string of the molecule is CC(NC(=O)c1cccc(-n2cncn2)c1)c1cccc(NC(=O)c2ccccc2)c1. The van der Waals surface area contributed by atoms with Crippen LogP contribution in [0.15, 0.2) is 91.5 Å². The molecule has 0 aliphatic heterocycles. The lowest BCUT2D eigenvalue weighted by Gasteiger charge is -2.16. The average molecular weight is 411 g/mol. The van der Waals surface area contributed by atoms with Gasteiger partial charge in [0.15, 0.2) is 0 Å². The van der Waals surface area contributed by atoms with Gasteiger partial charge in [-0.25, -0.2) is 9.67 Å². The number of benzene rings is 3. The van der Waals surface area contributed by atoms with E-state index in [4.69, 9.17) is 0 Å². The molecule has 0 bridgehead atoms. The summed E-state index contributed by atoms with van der Waals surface area (Å²) < 4.78 is 1.60. The molecule has 3 aromatic carbocycles. The fraction of sp³-hybridized carbons (Fsp3) is 0.0833. The van der Waals surface area contributed by atoms with Crippen molar-refractivity contribution in [2.75, 3.05) is 5.32 Å². The number of carbonyl (C=O) groups is 2. The van der Waals surface area contributed by atoms with E-state index in [0.717, 1.165) is 11.3 Å². The molecule has 1 atom stereocenters. The van der Waals surface area contributed by atoms with E-state index in [2.05, 4.69) is 20.7 Å². The number of nitrogens with one attached hydrogen (secondary N) is 2. The van der Waals surface area contributed by atoms with Gasteiger partial charge in [-0.05, 0) is 55.0 Å². The Labute approximate surface area is 179 Å². The van der Waals surface area contributed by atoms with Crippen LogP contribution in [0, 0.1) is 0 Å². The van der Waals surface area contributed by atoms with Gasteiger partial charge >= 0.3 is 0 Å². The van der Waals surface area contributed by atoms with Gasteiger partial charge in [-0.2, -0.15) is 5.10 Å². The van der Waals surface area contributed by atoms with Crippen molar-refractivity contribution in [2.24, 2.45) is 0 Å². The zero-order valence-corrected chi connectivity index (χ0v) is 16.9. The van der Waals surface area contributed by atoms with Crippen LogP contribution in [0.25, 0.3) is 5.69 Å². The van der Waals surface area contributed by atoms with E-state index in [1.165, 1.54) is 6.33 Å².